The summed E-state index contributed by atoms with van der Waals surface area (Å²) in [6.45, 7) is 8.41. The lowest BCUT2D eigenvalue weighted by atomic mass is 10.1. The van der Waals surface area contributed by atoms with E-state index in [1.54, 1.807) is 34.8 Å². The second kappa shape index (κ2) is 9.28. The van der Waals surface area contributed by atoms with Crippen molar-refractivity contribution in [2.75, 3.05) is 18.5 Å². The molecule has 170 valence electrons. The first kappa shape index (κ1) is 22.3. The Bertz CT molecular complexity index is 1320. The number of hydrogen-bond acceptors (Lipinski definition) is 5. The monoisotopic (exact) mass is 448 g/mol. The number of hydrogen-bond donors (Lipinski definition) is 1. The van der Waals surface area contributed by atoms with Crippen LogP contribution >= 0.6 is 0 Å². The minimum absolute atomic E-state index is 0.309. The van der Waals surface area contributed by atoms with E-state index in [0.717, 1.165) is 16.8 Å². The minimum Gasteiger partial charge on any atom is -0.494 e. The Morgan fingerprint density at radius 2 is 1.79 bits per heavy atom. The van der Waals surface area contributed by atoms with Crippen molar-refractivity contribution in [3.63, 3.8) is 0 Å². The molecule has 0 saturated heterocycles. The lowest BCUT2D eigenvalue weighted by molar-refractivity contribution is 0.102. The lowest BCUT2D eigenvalue weighted by Gasteiger charge is -2.14. The molecule has 0 aliphatic carbocycles. The van der Waals surface area contributed by atoms with Gasteiger partial charge in [0.2, 0.25) is 0 Å². The van der Waals surface area contributed by atoms with Gasteiger partial charge in [-0.2, -0.15) is 5.10 Å². The molecule has 1 amide bonds. The number of ether oxygens (including phenoxy) is 2. The Labute approximate surface area is 191 Å². The first-order valence-corrected chi connectivity index (χ1v) is 10.7. The zero-order chi connectivity index (χ0) is 23.5. The standard InChI is InChI=1S/C25H25FN4O3/c1-5-32-19-11-12-22(33-6-2)21(13-19)28-25(31)20-14-27-24-23(15(3)29-30(24)16(20)4)17-7-9-18(26)10-8-17/h7-14H,5-6H2,1-4H3,(H,28,31). The van der Waals surface area contributed by atoms with Crippen molar-refractivity contribution < 1.29 is 18.7 Å². The Kier molecular flexibility index (Phi) is 6.26. The highest BCUT2D eigenvalue weighted by Gasteiger charge is 2.20. The molecule has 2 aromatic heterocycles. The quantitative estimate of drug-likeness (QED) is 0.420. The van der Waals surface area contributed by atoms with Crippen molar-refractivity contribution in [3.8, 4) is 22.6 Å². The third-order valence-electron chi connectivity index (χ3n) is 5.25. The largest absolute Gasteiger partial charge is 0.494 e. The van der Waals surface area contributed by atoms with Gasteiger partial charge in [-0.3, -0.25) is 4.79 Å². The van der Waals surface area contributed by atoms with Crippen molar-refractivity contribution >= 4 is 17.2 Å². The van der Waals surface area contributed by atoms with Crippen LogP contribution < -0.4 is 14.8 Å². The molecule has 0 fully saturated rings. The number of rotatable bonds is 7. The molecule has 8 heteroatoms. The molecular weight excluding hydrogens is 423 g/mol. The van der Waals surface area contributed by atoms with Crippen LogP contribution in [0.25, 0.3) is 16.8 Å². The van der Waals surface area contributed by atoms with E-state index in [-0.39, 0.29) is 11.7 Å². The maximum Gasteiger partial charge on any atom is 0.259 e. The third-order valence-corrected chi connectivity index (χ3v) is 5.25. The zero-order valence-corrected chi connectivity index (χ0v) is 19.0. The third kappa shape index (κ3) is 4.37. The molecule has 4 aromatic rings. The number of aromatic nitrogens is 3. The molecule has 0 unspecified atom stereocenters. The van der Waals surface area contributed by atoms with E-state index in [0.29, 0.717) is 47.3 Å². The normalized spacial score (nSPS) is 10.9. The van der Waals surface area contributed by atoms with Crippen LogP contribution in [0.15, 0.2) is 48.7 Å². The number of aryl methyl sites for hydroxylation is 2. The van der Waals surface area contributed by atoms with Gasteiger partial charge < -0.3 is 14.8 Å². The molecule has 1 N–H and O–H groups in total. The molecular formula is C25H25FN4O3. The summed E-state index contributed by atoms with van der Waals surface area (Å²) in [5.74, 6) is 0.534. The summed E-state index contributed by atoms with van der Waals surface area (Å²) >= 11 is 0. The second-order valence-corrected chi connectivity index (χ2v) is 7.44. The molecule has 2 aromatic carbocycles. The van der Waals surface area contributed by atoms with E-state index in [1.807, 2.05) is 27.7 Å². The average Bonchev–Trinajstić information content (AvgIpc) is 3.13. The summed E-state index contributed by atoms with van der Waals surface area (Å²) in [5, 5.41) is 7.49. The van der Waals surface area contributed by atoms with Gasteiger partial charge in [-0.15, -0.1) is 0 Å². The van der Waals surface area contributed by atoms with Gasteiger partial charge in [0, 0.05) is 17.8 Å². The Hall–Kier alpha value is -3.94. The molecule has 0 bridgehead atoms. The zero-order valence-electron chi connectivity index (χ0n) is 19.0. The number of carbonyl (C=O) groups excluding carboxylic acids is 1. The molecule has 0 spiro atoms. The highest BCUT2D eigenvalue weighted by molar-refractivity contribution is 6.06. The van der Waals surface area contributed by atoms with E-state index in [2.05, 4.69) is 15.4 Å². The van der Waals surface area contributed by atoms with Gasteiger partial charge >= 0.3 is 0 Å². The van der Waals surface area contributed by atoms with Crippen molar-refractivity contribution in [2.24, 2.45) is 0 Å². The maximum atomic E-state index is 13.4. The van der Waals surface area contributed by atoms with Crippen LogP contribution in [-0.4, -0.2) is 33.7 Å². The van der Waals surface area contributed by atoms with Crippen molar-refractivity contribution in [3.05, 3.63) is 71.4 Å². The van der Waals surface area contributed by atoms with Gasteiger partial charge in [0.25, 0.3) is 5.91 Å². The molecule has 0 radical (unpaired) electrons. The van der Waals surface area contributed by atoms with Crippen molar-refractivity contribution in [1.82, 2.24) is 14.6 Å². The molecule has 4 rings (SSSR count). The summed E-state index contributed by atoms with van der Waals surface area (Å²) < 4.78 is 26.2. The maximum absolute atomic E-state index is 13.4. The lowest BCUT2D eigenvalue weighted by Crippen LogP contribution is -2.17. The SMILES string of the molecule is CCOc1ccc(OCC)c(NC(=O)c2cnc3c(-c4ccc(F)cc4)c(C)nn3c2C)c1. The van der Waals surface area contributed by atoms with E-state index in [4.69, 9.17) is 9.47 Å². The first-order chi connectivity index (χ1) is 15.9. The molecule has 0 aliphatic rings. The average molecular weight is 448 g/mol. The molecule has 7 nitrogen and oxygen atoms in total. The Morgan fingerprint density at radius 3 is 2.48 bits per heavy atom. The fraction of sp³-hybridized carbons (Fsp3) is 0.240. The van der Waals surface area contributed by atoms with E-state index in [9.17, 15) is 9.18 Å². The number of fused-ring (bicyclic) bond motifs is 1. The van der Waals surface area contributed by atoms with Crippen molar-refractivity contribution in [1.29, 1.82) is 0 Å². The number of benzene rings is 2. The van der Waals surface area contributed by atoms with Gasteiger partial charge in [-0.1, -0.05) is 12.1 Å². The molecule has 0 aliphatic heterocycles. The summed E-state index contributed by atoms with van der Waals surface area (Å²) in [7, 11) is 0. The van der Waals surface area contributed by atoms with Crippen LogP contribution in [-0.2, 0) is 0 Å². The van der Waals surface area contributed by atoms with Gasteiger partial charge in [-0.25, -0.2) is 13.9 Å². The molecule has 2 heterocycles. The van der Waals surface area contributed by atoms with Crippen LogP contribution in [0.3, 0.4) is 0 Å². The highest BCUT2D eigenvalue weighted by atomic mass is 19.1. The second-order valence-electron chi connectivity index (χ2n) is 7.44. The fourth-order valence-corrected chi connectivity index (χ4v) is 3.71. The highest BCUT2D eigenvalue weighted by Crippen LogP contribution is 2.31. The van der Waals surface area contributed by atoms with Crippen molar-refractivity contribution in [2.45, 2.75) is 27.7 Å². The number of nitrogens with zero attached hydrogens (tertiary/aromatic N) is 3. The summed E-state index contributed by atoms with van der Waals surface area (Å²) in [6.07, 6.45) is 1.53. The fourth-order valence-electron chi connectivity index (χ4n) is 3.71. The summed E-state index contributed by atoms with van der Waals surface area (Å²) in [6, 6.07) is 11.5. The van der Waals surface area contributed by atoms with Crippen LogP contribution in [0.5, 0.6) is 11.5 Å². The summed E-state index contributed by atoms with van der Waals surface area (Å²) in [5.41, 5.74) is 4.46. The van der Waals surface area contributed by atoms with Gasteiger partial charge in [-0.05, 0) is 57.5 Å². The number of amides is 1. The first-order valence-electron chi connectivity index (χ1n) is 10.7. The predicted molar refractivity (Wildman–Crippen MR) is 125 cm³/mol. The molecule has 0 saturated carbocycles. The Balaban J connectivity index is 1.71. The molecule has 33 heavy (non-hydrogen) atoms. The predicted octanol–water partition coefficient (Wildman–Crippen LogP) is 5.20. The topological polar surface area (TPSA) is 77.8 Å². The number of nitrogens with one attached hydrogen (secondary N) is 1. The van der Waals surface area contributed by atoms with Crippen LogP contribution in [0.2, 0.25) is 0 Å². The van der Waals surface area contributed by atoms with E-state index < -0.39 is 0 Å². The van der Waals surface area contributed by atoms with Gasteiger partial charge in [0.1, 0.15) is 17.3 Å². The van der Waals surface area contributed by atoms with Crippen LogP contribution in [0.1, 0.15) is 35.6 Å². The Morgan fingerprint density at radius 1 is 1.06 bits per heavy atom. The number of anilines is 1. The number of halogens is 1. The molecule has 0 atom stereocenters. The van der Waals surface area contributed by atoms with E-state index >= 15 is 0 Å². The van der Waals surface area contributed by atoms with Crippen LogP contribution in [0.4, 0.5) is 10.1 Å². The van der Waals surface area contributed by atoms with E-state index in [1.165, 1.54) is 18.3 Å². The summed E-state index contributed by atoms with van der Waals surface area (Å²) in [4.78, 5) is 17.7. The van der Waals surface area contributed by atoms with Gasteiger partial charge in [0.15, 0.2) is 5.65 Å². The smallest absolute Gasteiger partial charge is 0.259 e. The van der Waals surface area contributed by atoms with Gasteiger partial charge in [0.05, 0.1) is 35.9 Å². The van der Waals surface area contributed by atoms with Crippen LogP contribution in [0, 0.1) is 19.7 Å². The minimum atomic E-state index is -0.340. The number of carbonyl (C=O) groups is 1.